The van der Waals surface area contributed by atoms with E-state index in [1.165, 1.54) is 0 Å². The smallest absolute Gasteiger partial charge is 0.407 e. The highest BCUT2D eigenvalue weighted by atomic mass is 16.6. The molecule has 0 fully saturated rings. The van der Waals surface area contributed by atoms with E-state index < -0.39 is 23.7 Å². The van der Waals surface area contributed by atoms with Gasteiger partial charge >= 0.3 is 12.1 Å². The Morgan fingerprint density at radius 3 is 2.25 bits per heavy atom. The minimum Gasteiger partial charge on any atom is -0.480 e. The third-order valence-electron chi connectivity index (χ3n) is 2.42. The molecule has 20 heavy (non-hydrogen) atoms. The van der Waals surface area contributed by atoms with Crippen molar-refractivity contribution in [2.24, 2.45) is 0 Å². The molecule has 0 spiro atoms. The maximum Gasteiger partial charge on any atom is 0.407 e. The molecule has 0 saturated carbocycles. The van der Waals surface area contributed by atoms with Crippen LogP contribution in [0.2, 0.25) is 0 Å². The second kappa shape index (κ2) is 8.79. The van der Waals surface area contributed by atoms with Gasteiger partial charge in [-0.25, -0.2) is 4.79 Å². The Balaban J connectivity index is 3.79. The lowest BCUT2D eigenvalue weighted by Crippen LogP contribution is -2.40. The summed E-state index contributed by atoms with van der Waals surface area (Å²) in [5, 5.41) is 14.7. The summed E-state index contributed by atoms with van der Waals surface area (Å²) in [6, 6.07) is -0.396. The number of rotatable bonds is 8. The van der Waals surface area contributed by atoms with Gasteiger partial charge in [0.1, 0.15) is 11.6 Å². The molecule has 0 aromatic rings. The summed E-state index contributed by atoms with van der Waals surface area (Å²) in [4.78, 5) is 22.4. The van der Waals surface area contributed by atoms with Gasteiger partial charge in [-0.05, 0) is 40.0 Å². The van der Waals surface area contributed by atoms with Gasteiger partial charge in [-0.2, -0.15) is 0 Å². The van der Waals surface area contributed by atoms with E-state index in [-0.39, 0.29) is 6.04 Å². The maximum absolute atomic E-state index is 11.4. The second-order valence-electron chi connectivity index (χ2n) is 6.14. The van der Waals surface area contributed by atoms with E-state index in [0.29, 0.717) is 13.0 Å². The molecule has 0 bridgehead atoms. The SMILES string of the molecule is CC(C)NC(CCCCNC(=O)OC(C)(C)C)C(=O)O. The standard InChI is InChI=1S/C14H28N2O4/c1-10(2)16-11(12(17)18)8-6-7-9-15-13(19)20-14(3,4)5/h10-11,16H,6-9H2,1-5H3,(H,15,19)(H,17,18). The molecule has 0 aliphatic rings. The topological polar surface area (TPSA) is 87.7 Å². The lowest BCUT2D eigenvalue weighted by atomic mass is 10.1. The van der Waals surface area contributed by atoms with Gasteiger partial charge in [-0.1, -0.05) is 13.8 Å². The van der Waals surface area contributed by atoms with E-state index in [4.69, 9.17) is 9.84 Å². The van der Waals surface area contributed by atoms with E-state index in [1.54, 1.807) is 0 Å². The van der Waals surface area contributed by atoms with Gasteiger partial charge in [0.05, 0.1) is 0 Å². The van der Waals surface area contributed by atoms with Crippen molar-refractivity contribution in [1.82, 2.24) is 10.6 Å². The lowest BCUT2D eigenvalue weighted by molar-refractivity contribution is -0.139. The van der Waals surface area contributed by atoms with Crippen LogP contribution >= 0.6 is 0 Å². The fraction of sp³-hybridized carbons (Fsp3) is 0.857. The zero-order chi connectivity index (χ0) is 15.8. The number of nitrogens with one attached hydrogen (secondary N) is 2. The van der Waals surface area contributed by atoms with Crippen LogP contribution in [-0.4, -0.2) is 41.4 Å². The summed E-state index contributed by atoms with van der Waals surface area (Å²) < 4.78 is 5.10. The van der Waals surface area contributed by atoms with Crippen LogP contribution < -0.4 is 10.6 Å². The second-order valence-corrected chi connectivity index (χ2v) is 6.14. The molecule has 1 unspecified atom stereocenters. The number of alkyl carbamates (subject to hydrolysis) is 1. The Kier molecular flexibility index (Phi) is 8.22. The first kappa shape index (κ1) is 18.7. The maximum atomic E-state index is 11.4. The summed E-state index contributed by atoms with van der Waals surface area (Å²) in [6.45, 7) is 9.74. The average molecular weight is 288 g/mol. The fourth-order valence-electron chi connectivity index (χ4n) is 1.66. The van der Waals surface area contributed by atoms with Gasteiger partial charge in [-0.3, -0.25) is 4.79 Å². The van der Waals surface area contributed by atoms with E-state index in [0.717, 1.165) is 12.8 Å². The highest BCUT2D eigenvalue weighted by Gasteiger charge is 2.18. The minimum atomic E-state index is -0.834. The Morgan fingerprint density at radius 2 is 1.80 bits per heavy atom. The summed E-state index contributed by atoms with van der Waals surface area (Å²) in [6.07, 6.45) is 1.56. The molecule has 0 aromatic carbocycles. The number of carboxylic acids is 1. The van der Waals surface area contributed by atoms with Gasteiger partial charge in [-0.15, -0.1) is 0 Å². The number of aliphatic carboxylic acids is 1. The average Bonchev–Trinajstić information content (AvgIpc) is 2.23. The van der Waals surface area contributed by atoms with Crippen molar-refractivity contribution in [3.63, 3.8) is 0 Å². The van der Waals surface area contributed by atoms with Crippen LogP contribution in [0.4, 0.5) is 4.79 Å². The summed E-state index contributed by atoms with van der Waals surface area (Å²) >= 11 is 0. The molecule has 3 N–H and O–H groups in total. The molecule has 0 aromatic heterocycles. The number of hydrogen-bond acceptors (Lipinski definition) is 4. The van der Waals surface area contributed by atoms with Crippen molar-refractivity contribution in [2.75, 3.05) is 6.54 Å². The quantitative estimate of drug-likeness (QED) is 0.596. The number of hydrogen-bond donors (Lipinski definition) is 3. The van der Waals surface area contributed by atoms with Crippen molar-refractivity contribution in [2.45, 2.75) is 71.6 Å². The molecular formula is C14H28N2O4. The predicted octanol–water partition coefficient (Wildman–Crippen LogP) is 2.13. The van der Waals surface area contributed by atoms with Gasteiger partial charge in [0, 0.05) is 12.6 Å². The Hall–Kier alpha value is -1.30. The Bertz CT molecular complexity index is 311. The zero-order valence-electron chi connectivity index (χ0n) is 13.2. The van der Waals surface area contributed by atoms with Gasteiger partial charge in [0.25, 0.3) is 0 Å². The van der Waals surface area contributed by atoms with Crippen LogP contribution in [0.15, 0.2) is 0 Å². The molecule has 0 aliphatic heterocycles. The predicted molar refractivity (Wildman–Crippen MR) is 77.8 cm³/mol. The van der Waals surface area contributed by atoms with E-state index in [2.05, 4.69) is 10.6 Å². The van der Waals surface area contributed by atoms with Gasteiger partial charge in [0.15, 0.2) is 0 Å². The molecule has 0 radical (unpaired) electrons. The highest BCUT2D eigenvalue weighted by molar-refractivity contribution is 5.73. The number of carbonyl (C=O) groups excluding carboxylic acids is 1. The summed E-state index contributed by atoms with van der Waals surface area (Å²) in [5.41, 5.74) is -0.500. The molecule has 6 nitrogen and oxygen atoms in total. The summed E-state index contributed by atoms with van der Waals surface area (Å²) in [7, 11) is 0. The third kappa shape index (κ3) is 10.6. The van der Waals surface area contributed by atoms with Crippen molar-refractivity contribution in [1.29, 1.82) is 0 Å². The number of amides is 1. The monoisotopic (exact) mass is 288 g/mol. The van der Waals surface area contributed by atoms with Crippen LogP contribution in [0.3, 0.4) is 0 Å². The molecule has 0 saturated heterocycles. The number of carbonyl (C=O) groups is 2. The number of unbranched alkanes of at least 4 members (excludes halogenated alkanes) is 1. The zero-order valence-corrected chi connectivity index (χ0v) is 13.2. The normalized spacial score (nSPS) is 13.1. The molecule has 1 amide bonds. The minimum absolute atomic E-state index is 0.135. The number of ether oxygens (including phenoxy) is 1. The fourth-order valence-corrected chi connectivity index (χ4v) is 1.66. The molecular weight excluding hydrogens is 260 g/mol. The van der Waals surface area contributed by atoms with Crippen LogP contribution in [0.1, 0.15) is 53.9 Å². The van der Waals surface area contributed by atoms with Crippen molar-refractivity contribution in [3.05, 3.63) is 0 Å². The van der Waals surface area contributed by atoms with E-state index in [9.17, 15) is 9.59 Å². The molecule has 0 aliphatic carbocycles. The first-order valence-electron chi connectivity index (χ1n) is 7.07. The Morgan fingerprint density at radius 1 is 1.20 bits per heavy atom. The molecule has 6 heteroatoms. The van der Waals surface area contributed by atoms with Crippen molar-refractivity contribution in [3.8, 4) is 0 Å². The largest absolute Gasteiger partial charge is 0.480 e. The van der Waals surface area contributed by atoms with Crippen LogP contribution in [-0.2, 0) is 9.53 Å². The molecule has 0 heterocycles. The highest BCUT2D eigenvalue weighted by Crippen LogP contribution is 2.07. The molecule has 0 rings (SSSR count). The summed E-state index contributed by atoms with van der Waals surface area (Å²) in [5.74, 6) is -0.834. The van der Waals surface area contributed by atoms with Gasteiger partial charge < -0.3 is 20.5 Å². The first-order valence-corrected chi connectivity index (χ1v) is 7.07. The van der Waals surface area contributed by atoms with E-state index >= 15 is 0 Å². The van der Waals surface area contributed by atoms with Crippen molar-refractivity contribution < 1.29 is 19.4 Å². The first-order chi connectivity index (χ1) is 9.11. The Labute approximate surface area is 121 Å². The lowest BCUT2D eigenvalue weighted by Gasteiger charge is -2.20. The third-order valence-corrected chi connectivity index (χ3v) is 2.42. The molecule has 118 valence electrons. The van der Waals surface area contributed by atoms with Crippen LogP contribution in [0, 0.1) is 0 Å². The van der Waals surface area contributed by atoms with Gasteiger partial charge in [0.2, 0.25) is 0 Å². The van der Waals surface area contributed by atoms with Crippen LogP contribution in [0.5, 0.6) is 0 Å². The van der Waals surface area contributed by atoms with E-state index in [1.807, 2.05) is 34.6 Å². The van der Waals surface area contributed by atoms with Crippen molar-refractivity contribution >= 4 is 12.1 Å². The number of carboxylic acid groups (broad SMARTS) is 1. The van der Waals surface area contributed by atoms with Crippen LogP contribution in [0.25, 0.3) is 0 Å². The molecule has 1 atom stereocenters.